The maximum absolute atomic E-state index is 11.1. The molecule has 0 unspecified atom stereocenters. The Balaban J connectivity index is 2.54. The molecule has 0 aromatic carbocycles. The van der Waals surface area contributed by atoms with E-state index in [2.05, 4.69) is 5.10 Å². The zero-order chi connectivity index (χ0) is 9.84. The van der Waals surface area contributed by atoms with Gasteiger partial charge in [-0.15, -0.1) is 0 Å². The summed E-state index contributed by atoms with van der Waals surface area (Å²) >= 11 is 1.55. The number of aromatic nitrogens is 2. The van der Waals surface area contributed by atoms with Crippen molar-refractivity contribution in [3.63, 3.8) is 0 Å². The third-order valence-electron chi connectivity index (χ3n) is 1.73. The third kappa shape index (κ3) is 2.88. The molecule has 0 radical (unpaired) electrons. The topological polar surface area (TPSA) is 34.9 Å². The molecule has 13 heavy (non-hydrogen) atoms. The van der Waals surface area contributed by atoms with Crippen LogP contribution < -0.4 is 0 Å². The lowest BCUT2D eigenvalue weighted by Crippen LogP contribution is -2.00. The summed E-state index contributed by atoms with van der Waals surface area (Å²) < 4.78 is 1.81. The Morgan fingerprint density at radius 1 is 1.69 bits per heavy atom. The van der Waals surface area contributed by atoms with Crippen molar-refractivity contribution in [2.45, 2.75) is 25.3 Å². The molecule has 0 spiro atoms. The van der Waals surface area contributed by atoms with E-state index in [4.69, 9.17) is 0 Å². The van der Waals surface area contributed by atoms with E-state index in [1.807, 2.05) is 31.6 Å². The van der Waals surface area contributed by atoms with Gasteiger partial charge in [0.2, 0.25) is 0 Å². The average molecular weight is 198 g/mol. The van der Waals surface area contributed by atoms with Gasteiger partial charge in [-0.1, -0.05) is 18.7 Å². The van der Waals surface area contributed by atoms with Crippen LogP contribution in [0.15, 0.2) is 11.1 Å². The minimum absolute atomic E-state index is 0.281. The molecule has 0 bridgehead atoms. The van der Waals surface area contributed by atoms with Crippen molar-refractivity contribution in [1.29, 1.82) is 0 Å². The first-order chi connectivity index (χ1) is 6.13. The molecule has 0 N–H and O–H groups in total. The van der Waals surface area contributed by atoms with E-state index in [0.29, 0.717) is 12.2 Å². The second-order valence-corrected chi connectivity index (χ2v) is 3.92. The predicted molar refractivity (Wildman–Crippen MR) is 54.0 cm³/mol. The molecule has 1 aromatic rings. The zero-order valence-corrected chi connectivity index (χ0v) is 9.02. The van der Waals surface area contributed by atoms with Gasteiger partial charge in [0.15, 0.2) is 0 Å². The summed E-state index contributed by atoms with van der Waals surface area (Å²) in [6.45, 7) is 3.84. The highest BCUT2D eigenvalue weighted by molar-refractivity contribution is 7.99. The summed E-state index contributed by atoms with van der Waals surface area (Å²) in [5, 5.41) is 5.25. The molecule has 3 nitrogen and oxygen atoms in total. The van der Waals surface area contributed by atoms with Gasteiger partial charge in [0.25, 0.3) is 0 Å². The van der Waals surface area contributed by atoms with Crippen molar-refractivity contribution in [2.24, 2.45) is 7.05 Å². The van der Waals surface area contributed by atoms with Crippen LogP contribution in [-0.4, -0.2) is 21.3 Å². The minimum atomic E-state index is 0.281. The fraction of sp³-hybridized carbons (Fsp3) is 0.556. The summed E-state index contributed by atoms with van der Waals surface area (Å²) in [6, 6.07) is 1.99. The number of aryl methyl sites for hydroxylation is 2. The average Bonchev–Trinajstić information content (AvgIpc) is 2.41. The smallest absolute Gasteiger partial charge is 0.142 e. The van der Waals surface area contributed by atoms with E-state index in [9.17, 15) is 4.79 Å². The SMILES string of the molecule is CCC(=O)CSc1cc(C)nn1C. The van der Waals surface area contributed by atoms with Crippen LogP contribution >= 0.6 is 11.8 Å². The van der Waals surface area contributed by atoms with Crippen LogP contribution in [0.5, 0.6) is 0 Å². The van der Waals surface area contributed by atoms with Crippen molar-refractivity contribution in [2.75, 3.05) is 5.75 Å². The molecule has 0 atom stereocenters. The summed E-state index contributed by atoms with van der Waals surface area (Å²) in [7, 11) is 1.89. The molecule has 0 fully saturated rings. The Morgan fingerprint density at radius 3 is 2.85 bits per heavy atom. The number of rotatable bonds is 4. The molecule has 1 aromatic heterocycles. The lowest BCUT2D eigenvalue weighted by atomic mass is 10.4. The van der Waals surface area contributed by atoms with Crippen molar-refractivity contribution >= 4 is 17.5 Å². The molecule has 0 aliphatic carbocycles. The molecule has 4 heteroatoms. The van der Waals surface area contributed by atoms with Crippen LogP contribution in [0, 0.1) is 6.92 Å². The van der Waals surface area contributed by atoms with Gasteiger partial charge in [-0.25, -0.2) is 0 Å². The van der Waals surface area contributed by atoms with Crippen LogP contribution in [0.1, 0.15) is 19.0 Å². The van der Waals surface area contributed by atoms with Crippen LogP contribution in [0.3, 0.4) is 0 Å². The number of thioether (sulfide) groups is 1. The molecule has 0 aliphatic heterocycles. The van der Waals surface area contributed by atoms with Crippen LogP contribution in [0.4, 0.5) is 0 Å². The second kappa shape index (κ2) is 4.46. The first kappa shape index (κ1) is 10.3. The van der Waals surface area contributed by atoms with Crippen LogP contribution in [0.25, 0.3) is 0 Å². The predicted octanol–water partition coefficient (Wildman–Crippen LogP) is 1.80. The van der Waals surface area contributed by atoms with Crippen molar-refractivity contribution in [3.05, 3.63) is 11.8 Å². The van der Waals surface area contributed by atoms with Gasteiger partial charge in [0.1, 0.15) is 5.78 Å². The number of ketones is 1. The maximum Gasteiger partial charge on any atom is 0.142 e. The number of hydrogen-bond donors (Lipinski definition) is 0. The highest BCUT2D eigenvalue weighted by Crippen LogP contribution is 2.18. The zero-order valence-electron chi connectivity index (χ0n) is 8.20. The Labute approximate surface area is 82.5 Å². The van der Waals surface area contributed by atoms with Crippen LogP contribution in [0.2, 0.25) is 0 Å². The van der Waals surface area contributed by atoms with Gasteiger partial charge in [-0.3, -0.25) is 9.48 Å². The third-order valence-corrected chi connectivity index (χ3v) is 2.88. The summed E-state index contributed by atoms with van der Waals surface area (Å²) in [5.41, 5.74) is 0.994. The van der Waals surface area contributed by atoms with Gasteiger partial charge in [-0.05, 0) is 13.0 Å². The molecular formula is C9H14N2OS. The minimum Gasteiger partial charge on any atom is -0.299 e. The quantitative estimate of drug-likeness (QED) is 0.692. The standard InChI is InChI=1S/C9H14N2OS/c1-4-8(12)6-13-9-5-7(2)10-11(9)3/h5H,4,6H2,1-3H3. The molecule has 1 heterocycles. The van der Waals surface area contributed by atoms with Crippen molar-refractivity contribution < 1.29 is 4.79 Å². The van der Waals surface area contributed by atoms with Gasteiger partial charge in [0.05, 0.1) is 16.5 Å². The van der Waals surface area contributed by atoms with Crippen molar-refractivity contribution in [1.82, 2.24) is 9.78 Å². The van der Waals surface area contributed by atoms with Crippen molar-refractivity contribution in [3.8, 4) is 0 Å². The van der Waals surface area contributed by atoms with E-state index < -0.39 is 0 Å². The maximum atomic E-state index is 11.1. The lowest BCUT2D eigenvalue weighted by Gasteiger charge is -1.98. The summed E-state index contributed by atoms with van der Waals surface area (Å²) in [4.78, 5) is 11.1. The molecule has 0 aliphatic rings. The Kier molecular flexibility index (Phi) is 3.54. The Hall–Kier alpha value is -0.770. The van der Waals surface area contributed by atoms with E-state index in [1.165, 1.54) is 0 Å². The fourth-order valence-electron chi connectivity index (χ4n) is 0.978. The number of nitrogens with zero attached hydrogens (tertiary/aromatic N) is 2. The summed E-state index contributed by atoms with van der Waals surface area (Å²) in [6.07, 6.45) is 0.615. The monoisotopic (exact) mass is 198 g/mol. The summed E-state index contributed by atoms with van der Waals surface area (Å²) in [5.74, 6) is 0.832. The number of Topliss-reactive ketones (excluding diaryl/α,β-unsaturated/α-hetero) is 1. The van der Waals surface area contributed by atoms with E-state index in [-0.39, 0.29) is 5.78 Å². The molecule has 0 saturated heterocycles. The number of carbonyl (C=O) groups excluding carboxylic acids is 1. The number of carbonyl (C=O) groups is 1. The first-order valence-corrected chi connectivity index (χ1v) is 5.27. The number of hydrogen-bond acceptors (Lipinski definition) is 3. The van der Waals surface area contributed by atoms with Gasteiger partial charge in [-0.2, -0.15) is 5.10 Å². The highest BCUT2D eigenvalue weighted by Gasteiger charge is 2.04. The highest BCUT2D eigenvalue weighted by atomic mass is 32.2. The molecule has 1 rings (SSSR count). The van der Waals surface area contributed by atoms with Gasteiger partial charge >= 0.3 is 0 Å². The second-order valence-electron chi connectivity index (χ2n) is 2.93. The van der Waals surface area contributed by atoms with Gasteiger partial charge in [0, 0.05) is 13.5 Å². The van der Waals surface area contributed by atoms with E-state index >= 15 is 0 Å². The van der Waals surface area contributed by atoms with Crippen LogP contribution in [-0.2, 0) is 11.8 Å². The normalized spacial score (nSPS) is 10.4. The largest absolute Gasteiger partial charge is 0.299 e. The Morgan fingerprint density at radius 2 is 2.38 bits per heavy atom. The molecule has 0 amide bonds. The van der Waals surface area contributed by atoms with Gasteiger partial charge < -0.3 is 0 Å². The lowest BCUT2D eigenvalue weighted by molar-refractivity contribution is -0.116. The fourth-order valence-corrected chi connectivity index (χ4v) is 1.97. The van der Waals surface area contributed by atoms with E-state index in [1.54, 1.807) is 11.8 Å². The first-order valence-electron chi connectivity index (χ1n) is 4.28. The molecular weight excluding hydrogens is 184 g/mol. The molecule has 0 saturated carbocycles. The van der Waals surface area contributed by atoms with E-state index in [0.717, 1.165) is 10.7 Å². The molecule has 72 valence electrons. The Bertz CT molecular complexity index is 307.